The summed E-state index contributed by atoms with van der Waals surface area (Å²) in [6.07, 6.45) is 10.2. The van der Waals surface area contributed by atoms with Gasteiger partial charge in [0.1, 0.15) is 5.82 Å². The molecular formula is C20H33N5O3. The van der Waals surface area contributed by atoms with Crippen LogP contribution in [0, 0.1) is 0 Å². The van der Waals surface area contributed by atoms with Gasteiger partial charge in [0.25, 0.3) is 5.91 Å². The van der Waals surface area contributed by atoms with E-state index in [0.29, 0.717) is 24.3 Å². The van der Waals surface area contributed by atoms with E-state index in [-0.39, 0.29) is 17.6 Å². The van der Waals surface area contributed by atoms with Crippen LogP contribution in [0.1, 0.15) is 75.1 Å². The van der Waals surface area contributed by atoms with Gasteiger partial charge in [-0.1, -0.05) is 12.8 Å². The van der Waals surface area contributed by atoms with Gasteiger partial charge < -0.3 is 26.2 Å². The molecule has 5 N–H and O–H groups in total. The number of ether oxygens (including phenoxy) is 1. The summed E-state index contributed by atoms with van der Waals surface area (Å²) in [4.78, 5) is 20.7. The zero-order chi connectivity index (χ0) is 20.1. The van der Waals surface area contributed by atoms with Gasteiger partial charge >= 0.3 is 0 Å². The van der Waals surface area contributed by atoms with Gasteiger partial charge in [-0.15, -0.1) is 0 Å². The predicted molar refractivity (Wildman–Crippen MR) is 108 cm³/mol. The van der Waals surface area contributed by atoms with E-state index < -0.39 is 11.5 Å². The van der Waals surface area contributed by atoms with Gasteiger partial charge in [0.2, 0.25) is 5.95 Å². The number of aromatic nitrogens is 2. The smallest absolute Gasteiger partial charge is 0.254 e. The average Bonchev–Trinajstić information content (AvgIpc) is 2.82. The van der Waals surface area contributed by atoms with Crippen molar-refractivity contribution in [1.29, 1.82) is 0 Å². The zero-order valence-electron chi connectivity index (χ0n) is 16.9. The van der Waals surface area contributed by atoms with Crippen molar-refractivity contribution in [1.82, 2.24) is 9.97 Å². The summed E-state index contributed by atoms with van der Waals surface area (Å²) in [5.74, 6) is 0.377. The molecular weight excluding hydrogens is 358 g/mol. The molecule has 2 atom stereocenters. The third-order valence-electron chi connectivity index (χ3n) is 5.94. The Kier molecular flexibility index (Phi) is 6.72. The highest BCUT2D eigenvalue weighted by Gasteiger charge is 2.29. The Bertz CT molecular complexity index is 674. The minimum atomic E-state index is -0.713. The topological polar surface area (TPSA) is 122 Å². The molecule has 156 valence electrons. The number of methoxy groups -OCH3 is 1. The van der Waals surface area contributed by atoms with E-state index in [1.54, 1.807) is 7.11 Å². The molecule has 8 nitrogen and oxygen atoms in total. The number of rotatable bonds is 6. The number of hydrogen-bond acceptors (Lipinski definition) is 7. The van der Waals surface area contributed by atoms with Crippen LogP contribution in [-0.2, 0) is 4.74 Å². The number of nitrogens with one attached hydrogen (secondary N) is 2. The number of carbonyl (C=O) groups is 1. The van der Waals surface area contributed by atoms with Crippen molar-refractivity contribution in [3.63, 3.8) is 0 Å². The second-order valence-corrected chi connectivity index (χ2v) is 8.46. The van der Waals surface area contributed by atoms with E-state index >= 15 is 0 Å². The van der Waals surface area contributed by atoms with Gasteiger partial charge in [-0.05, 0) is 51.9 Å². The lowest BCUT2D eigenvalue weighted by atomic mass is 9.93. The fourth-order valence-corrected chi connectivity index (χ4v) is 4.32. The quantitative estimate of drug-likeness (QED) is 0.549. The summed E-state index contributed by atoms with van der Waals surface area (Å²) < 4.78 is 5.42. The summed E-state index contributed by atoms with van der Waals surface area (Å²) in [6.45, 7) is 1.87. The second kappa shape index (κ2) is 9.05. The van der Waals surface area contributed by atoms with Crippen LogP contribution >= 0.6 is 0 Å². The molecule has 1 amide bonds. The highest BCUT2D eigenvalue weighted by Crippen LogP contribution is 2.29. The Morgan fingerprint density at radius 3 is 2.64 bits per heavy atom. The van der Waals surface area contributed by atoms with Crippen LogP contribution in [0.4, 0.5) is 11.8 Å². The molecule has 0 unspecified atom stereocenters. The minimum absolute atomic E-state index is 0.0375. The lowest BCUT2D eigenvalue weighted by Gasteiger charge is -2.29. The molecule has 28 heavy (non-hydrogen) atoms. The summed E-state index contributed by atoms with van der Waals surface area (Å²) in [7, 11) is 1.76. The van der Waals surface area contributed by atoms with Crippen molar-refractivity contribution >= 4 is 17.7 Å². The standard InChI is InChI=1S/C20H33N5O3/c1-20(27)10-4-3-5-14(11-20)23-18-16(17(21)26)12-22-19(25-18)24-13-6-8-15(28-2)9-7-13/h12-15,27H,3-11H2,1-2H3,(H2,21,26)(H2,22,23,24,25)/t13-,14-,15-,20+/m0/s1. The molecule has 0 radical (unpaired) electrons. The molecule has 8 heteroatoms. The monoisotopic (exact) mass is 391 g/mol. The highest BCUT2D eigenvalue weighted by atomic mass is 16.5. The van der Waals surface area contributed by atoms with Crippen LogP contribution in [0.2, 0.25) is 0 Å². The first-order valence-corrected chi connectivity index (χ1v) is 10.3. The van der Waals surface area contributed by atoms with E-state index in [0.717, 1.165) is 51.4 Å². The molecule has 0 spiro atoms. The van der Waals surface area contributed by atoms with Gasteiger partial charge in [-0.2, -0.15) is 4.98 Å². The molecule has 2 saturated carbocycles. The van der Waals surface area contributed by atoms with Crippen LogP contribution in [0.15, 0.2) is 6.20 Å². The molecule has 3 rings (SSSR count). The van der Waals surface area contributed by atoms with Crippen molar-refractivity contribution in [2.75, 3.05) is 17.7 Å². The lowest BCUT2D eigenvalue weighted by Crippen LogP contribution is -2.33. The number of amides is 1. The summed E-state index contributed by atoms with van der Waals surface area (Å²) in [6, 6.07) is 0.327. The third-order valence-corrected chi connectivity index (χ3v) is 5.94. The maximum absolute atomic E-state index is 11.8. The van der Waals surface area contributed by atoms with Gasteiger partial charge in [0, 0.05) is 25.4 Å². The first-order valence-electron chi connectivity index (χ1n) is 10.3. The number of anilines is 2. The van der Waals surface area contributed by atoms with Crippen LogP contribution in [-0.4, -0.2) is 51.9 Å². The Hall–Kier alpha value is -1.93. The van der Waals surface area contributed by atoms with Crippen LogP contribution in [0.3, 0.4) is 0 Å². The molecule has 1 aromatic rings. The fourth-order valence-electron chi connectivity index (χ4n) is 4.32. The SMILES string of the molecule is CO[C@H]1CC[C@H](Nc2ncc(C(N)=O)c(N[C@H]3CCCC[C@@](C)(O)C3)n2)CC1. The number of carbonyl (C=O) groups excluding carboxylic acids is 1. The number of nitrogens with zero attached hydrogens (tertiary/aromatic N) is 2. The van der Waals surface area contributed by atoms with Crippen molar-refractivity contribution < 1.29 is 14.6 Å². The Balaban J connectivity index is 1.71. The summed E-state index contributed by atoms with van der Waals surface area (Å²) in [5.41, 5.74) is 5.09. The molecule has 0 saturated heterocycles. The molecule has 2 aliphatic carbocycles. The molecule has 0 aliphatic heterocycles. The predicted octanol–water partition coefficient (Wildman–Crippen LogP) is 2.44. The van der Waals surface area contributed by atoms with Gasteiger partial charge in [0.05, 0.1) is 17.3 Å². The van der Waals surface area contributed by atoms with Crippen LogP contribution in [0.25, 0.3) is 0 Å². The van der Waals surface area contributed by atoms with Gasteiger partial charge in [0.15, 0.2) is 0 Å². The molecule has 1 aromatic heterocycles. The van der Waals surface area contributed by atoms with Crippen LogP contribution < -0.4 is 16.4 Å². The van der Waals surface area contributed by atoms with E-state index in [4.69, 9.17) is 10.5 Å². The minimum Gasteiger partial charge on any atom is -0.390 e. The molecule has 0 bridgehead atoms. The first kappa shape index (κ1) is 20.8. The largest absolute Gasteiger partial charge is 0.390 e. The van der Waals surface area contributed by atoms with E-state index in [1.165, 1.54) is 6.20 Å². The normalized spacial score (nSPS) is 31.0. The van der Waals surface area contributed by atoms with Crippen LogP contribution in [0.5, 0.6) is 0 Å². The maximum Gasteiger partial charge on any atom is 0.254 e. The maximum atomic E-state index is 11.8. The molecule has 2 aliphatic rings. The van der Waals surface area contributed by atoms with E-state index in [2.05, 4.69) is 20.6 Å². The summed E-state index contributed by atoms with van der Waals surface area (Å²) >= 11 is 0. The summed E-state index contributed by atoms with van der Waals surface area (Å²) in [5, 5.41) is 17.2. The number of nitrogens with two attached hydrogens (primary N) is 1. The van der Waals surface area contributed by atoms with Crippen molar-refractivity contribution in [3.05, 3.63) is 11.8 Å². The Morgan fingerprint density at radius 2 is 1.96 bits per heavy atom. The fraction of sp³-hybridized carbons (Fsp3) is 0.750. The third kappa shape index (κ3) is 5.54. The zero-order valence-corrected chi connectivity index (χ0v) is 16.9. The van der Waals surface area contributed by atoms with Crippen molar-refractivity contribution in [2.45, 2.75) is 88.5 Å². The first-order chi connectivity index (χ1) is 13.4. The molecule has 2 fully saturated rings. The lowest BCUT2D eigenvalue weighted by molar-refractivity contribution is 0.0420. The molecule has 0 aromatic carbocycles. The Morgan fingerprint density at radius 1 is 1.21 bits per heavy atom. The van der Waals surface area contributed by atoms with Crippen molar-refractivity contribution in [3.8, 4) is 0 Å². The number of aliphatic hydroxyl groups is 1. The highest BCUT2D eigenvalue weighted by molar-refractivity contribution is 5.97. The van der Waals surface area contributed by atoms with E-state index in [1.807, 2.05) is 6.92 Å². The number of primary amides is 1. The van der Waals surface area contributed by atoms with E-state index in [9.17, 15) is 9.90 Å². The number of hydrogen-bond donors (Lipinski definition) is 4. The van der Waals surface area contributed by atoms with Crippen molar-refractivity contribution in [2.24, 2.45) is 5.73 Å². The average molecular weight is 392 g/mol. The Labute approximate surface area is 166 Å². The van der Waals surface area contributed by atoms with Gasteiger partial charge in [-0.3, -0.25) is 4.79 Å². The van der Waals surface area contributed by atoms with Gasteiger partial charge in [-0.25, -0.2) is 4.98 Å². The molecule has 1 heterocycles. The second-order valence-electron chi connectivity index (χ2n) is 8.46.